The first kappa shape index (κ1) is 17.1. The third-order valence-electron chi connectivity index (χ3n) is 4.62. The fourth-order valence-electron chi connectivity index (χ4n) is 3.40. The van der Waals surface area contributed by atoms with Gasteiger partial charge in [0, 0.05) is 25.0 Å². The molecule has 2 saturated carbocycles. The number of nitrogens with zero attached hydrogens (tertiary/aromatic N) is 1. The van der Waals surface area contributed by atoms with E-state index in [1.807, 2.05) is 0 Å². The topological polar surface area (TPSA) is 65.5 Å². The molecule has 0 unspecified atom stereocenters. The molecule has 1 amide bonds. The number of rotatable bonds is 6. The van der Waals surface area contributed by atoms with Crippen molar-refractivity contribution in [2.24, 2.45) is 4.99 Å². The molecule has 0 aromatic heterocycles. The SMILES string of the molecule is CCNC(=NCCC(=O)NC1CCCC1)NC1CCCCC1. The normalized spacial score (nSPS) is 20.9. The second-order valence-corrected chi connectivity index (χ2v) is 6.54. The Morgan fingerprint density at radius 3 is 2.18 bits per heavy atom. The van der Waals surface area contributed by atoms with Gasteiger partial charge in [0.25, 0.3) is 0 Å². The summed E-state index contributed by atoms with van der Waals surface area (Å²) in [6, 6.07) is 0.948. The van der Waals surface area contributed by atoms with Crippen molar-refractivity contribution >= 4 is 11.9 Å². The fourth-order valence-corrected chi connectivity index (χ4v) is 3.40. The molecule has 0 radical (unpaired) electrons. The zero-order chi connectivity index (χ0) is 15.6. The number of aliphatic imine (C=N–C) groups is 1. The van der Waals surface area contributed by atoms with Gasteiger partial charge in [0.1, 0.15) is 0 Å². The van der Waals surface area contributed by atoms with Gasteiger partial charge in [-0.05, 0) is 32.6 Å². The van der Waals surface area contributed by atoms with E-state index in [1.54, 1.807) is 0 Å². The Hall–Kier alpha value is -1.26. The van der Waals surface area contributed by atoms with Crippen LogP contribution in [-0.4, -0.2) is 37.0 Å². The maximum atomic E-state index is 11.9. The van der Waals surface area contributed by atoms with Crippen molar-refractivity contribution < 1.29 is 4.79 Å². The Labute approximate surface area is 134 Å². The molecule has 2 aliphatic carbocycles. The molecule has 2 fully saturated rings. The molecule has 0 aliphatic heterocycles. The van der Waals surface area contributed by atoms with Gasteiger partial charge in [-0.3, -0.25) is 9.79 Å². The lowest BCUT2D eigenvalue weighted by Gasteiger charge is -2.24. The predicted octanol–water partition coefficient (Wildman–Crippen LogP) is 2.32. The van der Waals surface area contributed by atoms with E-state index in [9.17, 15) is 4.79 Å². The Morgan fingerprint density at radius 1 is 0.955 bits per heavy atom. The van der Waals surface area contributed by atoms with Crippen LogP contribution >= 0.6 is 0 Å². The van der Waals surface area contributed by atoms with Gasteiger partial charge in [0.05, 0.1) is 6.54 Å². The van der Waals surface area contributed by atoms with Crippen LogP contribution < -0.4 is 16.0 Å². The molecule has 2 aliphatic rings. The van der Waals surface area contributed by atoms with Gasteiger partial charge in [-0.2, -0.15) is 0 Å². The number of carbonyl (C=O) groups excluding carboxylic acids is 1. The van der Waals surface area contributed by atoms with Crippen molar-refractivity contribution in [3.8, 4) is 0 Å². The van der Waals surface area contributed by atoms with Crippen molar-refractivity contribution in [3.63, 3.8) is 0 Å². The highest BCUT2D eigenvalue weighted by molar-refractivity contribution is 5.81. The van der Waals surface area contributed by atoms with Crippen LogP contribution in [0.3, 0.4) is 0 Å². The highest BCUT2D eigenvalue weighted by Gasteiger charge is 2.17. The third kappa shape index (κ3) is 6.24. The van der Waals surface area contributed by atoms with Crippen LogP contribution in [0.5, 0.6) is 0 Å². The lowest BCUT2D eigenvalue weighted by atomic mass is 9.96. The first-order chi connectivity index (χ1) is 10.8. The van der Waals surface area contributed by atoms with Crippen LogP contribution in [0.4, 0.5) is 0 Å². The number of hydrogen-bond acceptors (Lipinski definition) is 2. The Morgan fingerprint density at radius 2 is 1.55 bits per heavy atom. The van der Waals surface area contributed by atoms with Crippen LogP contribution in [0.1, 0.15) is 71.1 Å². The molecule has 22 heavy (non-hydrogen) atoms. The predicted molar refractivity (Wildman–Crippen MR) is 91.0 cm³/mol. The summed E-state index contributed by atoms with van der Waals surface area (Å²) < 4.78 is 0. The number of hydrogen-bond donors (Lipinski definition) is 3. The maximum Gasteiger partial charge on any atom is 0.222 e. The number of nitrogens with one attached hydrogen (secondary N) is 3. The summed E-state index contributed by atoms with van der Waals surface area (Å²) in [5.74, 6) is 1.01. The zero-order valence-corrected chi connectivity index (χ0v) is 14.0. The first-order valence-corrected chi connectivity index (χ1v) is 9.12. The lowest BCUT2D eigenvalue weighted by molar-refractivity contribution is -0.121. The van der Waals surface area contributed by atoms with Gasteiger partial charge in [0.15, 0.2) is 5.96 Å². The number of guanidine groups is 1. The molecule has 0 atom stereocenters. The van der Waals surface area contributed by atoms with E-state index < -0.39 is 0 Å². The van der Waals surface area contributed by atoms with Crippen molar-refractivity contribution in [2.75, 3.05) is 13.1 Å². The van der Waals surface area contributed by atoms with Crippen molar-refractivity contribution in [1.29, 1.82) is 0 Å². The number of amides is 1. The smallest absolute Gasteiger partial charge is 0.222 e. The average molecular weight is 308 g/mol. The van der Waals surface area contributed by atoms with Crippen LogP contribution in [0.15, 0.2) is 4.99 Å². The molecule has 3 N–H and O–H groups in total. The van der Waals surface area contributed by atoms with E-state index in [4.69, 9.17) is 0 Å². The molecular weight excluding hydrogens is 276 g/mol. The van der Waals surface area contributed by atoms with E-state index in [1.165, 1.54) is 44.9 Å². The van der Waals surface area contributed by atoms with Crippen LogP contribution in [0.2, 0.25) is 0 Å². The molecule has 5 heteroatoms. The molecule has 5 nitrogen and oxygen atoms in total. The quantitative estimate of drug-likeness (QED) is 0.521. The molecular formula is C17H32N4O. The minimum absolute atomic E-state index is 0.143. The number of carbonyl (C=O) groups is 1. The second-order valence-electron chi connectivity index (χ2n) is 6.54. The second kappa shape index (κ2) is 9.70. The monoisotopic (exact) mass is 308 g/mol. The fraction of sp³-hybridized carbons (Fsp3) is 0.882. The summed E-state index contributed by atoms with van der Waals surface area (Å²) in [6.07, 6.45) is 11.7. The molecule has 0 bridgehead atoms. The molecule has 0 spiro atoms. The van der Waals surface area contributed by atoms with Gasteiger partial charge in [0.2, 0.25) is 5.91 Å². The summed E-state index contributed by atoms with van der Waals surface area (Å²) in [4.78, 5) is 16.5. The van der Waals surface area contributed by atoms with Gasteiger partial charge in [-0.25, -0.2) is 0 Å². The van der Waals surface area contributed by atoms with E-state index in [0.29, 0.717) is 25.0 Å². The standard InChI is InChI=1S/C17H32N4O/c1-2-18-17(21-15-8-4-3-5-9-15)19-13-12-16(22)20-14-10-6-7-11-14/h14-15H,2-13H2,1H3,(H,20,22)(H2,18,19,21). The Balaban J connectivity index is 1.70. The summed E-state index contributed by atoms with van der Waals surface area (Å²) in [5, 5.41) is 9.91. The summed E-state index contributed by atoms with van der Waals surface area (Å²) >= 11 is 0. The lowest BCUT2D eigenvalue weighted by Crippen LogP contribution is -2.44. The van der Waals surface area contributed by atoms with E-state index in [2.05, 4.69) is 27.9 Å². The molecule has 0 aromatic carbocycles. The molecule has 126 valence electrons. The van der Waals surface area contributed by atoms with Crippen LogP contribution in [-0.2, 0) is 4.79 Å². The van der Waals surface area contributed by atoms with Crippen LogP contribution in [0.25, 0.3) is 0 Å². The maximum absolute atomic E-state index is 11.9. The summed E-state index contributed by atoms with van der Waals surface area (Å²) in [7, 11) is 0. The molecule has 0 heterocycles. The van der Waals surface area contributed by atoms with E-state index in [-0.39, 0.29) is 5.91 Å². The van der Waals surface area contributed by atoms with Crippen molar-refractivity contribution in [2.45, 2.75) is 83.2 Å². The van der Waals surface area contributed by atoms with Crippen molar-refractivity contribution in [3.05, 3.63) is 0 Å². The van der Waals surface area contributed by atoms with Gasteiger partial charge in [-0.15, -0.1) is 0 Å². The first-order valence-electron chi connectivity index (χ1n) is 9.12. The highest BCUT2D eigenvalue weighted by atomic mass is 16.1. The van der Waals surface area contributed by atoms with Gasteiger partial charge >= 0.3 is 0 Å². The summed E-state index contributed by atoms with van der Waals surface area (Å²) in [6.45, 7) is 3.48. The zero-order valence-electron chi connectivity index (χ0n) is 14.0. The third-order valence-corrected chi connectivity index (χ3v) is 4.62. The van der Waals surface area contributed by atoms with E-state index >= 15 is 0 Å². The van der Waals surface area contributed by atoms with Crippen LogP contribution in [0, 0.1) is 0 Å². The Kier molecular flexibility index (Phi) is 7.54. The minimum Gasteiger partial charge on any atom is -0.357 e. The molecule has 0 aromatic rings. The Bertz CT molecular complexity index is 358. The molecule has 2 rings (SSSR count). The molecule has 0 saturated heterocycles. The average Bonchev–Trinajstić information content (AvgIpc) is 3.01. The van der Waals surface area contributed by atoms with E-state index in [0.717, 1.165) is 25.3 Å². The minimum atomic E-state index is 0.143. The summed E-state index contributed by atoms with van der Waals surface area (Å²) in [5.41, 5.74) is 0. The van der Waals surface area contributed by atoms with Gasteiger partial charge < -0.3 is 16.0 Å². The largest absolute Gasteiger partial charge is 0.357 e. The highest BCUT2D eigenvalue weighted by Crippen LogP contribution is 2.18. The van der Waals surface area contributed by atoms with Crippen molar-refractivity contribution in [1.82, 2.24) is 16.0 Å². The van der Waals surface area contributed by atoms with Gasteiger partial charge in [-0.1, -0.05) is 32.1 Å².